The van der Waals surface area contributed by atoms with E-state index in [1.54, 1.807) is 6.20 Å². The van der Waals surface area contributed by atoms with E-state index in [1.165, 1.54) is 0 Å². The van der Waals surface area contributed by atoms with Gasteiger partial charge in [0.15, 0.2) is 0 Å². The quantitative estimate of drug-likeness (QED) is 0.799. The van der Waals surface area contributed by atoms with Crippen LogP contribution in [0, 0.1) is 11.8 Å². The van der Waals surface area contributed by atoms with Crippen molar-refractivity contribution in [1.82, 2.24) is 19.7 Å². The monoisotopic (exact) mass is 370 g/mol. The summed E-state index contributed by atoms with van der Waals surface area (Å²) in [5, 5.41) is 10.8. The summed E-state index contributed by atoms with van der Waals surface area (Å²) in [5.74, 6) is 0.476. The lowest BCUT2D eigenvalue weighted by Gasteiger charge is -2.25. The van der Waals surface area contributed by atoms with Crippen molar-refractivity contribution in [3.8, 4) is 0 Å². The van der Waals surface area contributed by atoms with Crippen molar-refractivity contribution in [2.24, 2.45) is 11.8 Å². The number of hydrogen-bond donors (Lipinski definition) is 1. The number of carbonyl (C=O) groups is 1. The molecule has 6 heteroatoms. The van der Waals surface area contributed by atoms with Crippen molar-refractivity contribution in [3.05, 3.63) is 42.1 Å². The Bertz CT molecular complexity index is 780. The zero-order valence-electron chi connectivity index (χ0n) is 16.5. The predicted molar refractivity (Wildman–Crippen MR) is 108 cm³/mol. The number of pyridine rings is 1. The van der Waals surface area contributed by atoms with Crippen molar-refractivity contribution in [3.63, 3.8) is 0 Å². The highest BCUT2D eigenvalue weighted by atomic mass is 16.3. The van der Waals surface area contributed by atoms with Gasteiger partial charge < -0.3 is 19.8 Å². The van der Waals surface area contributed by atoms with Gasteiger partial charge in [0.1, 0.15) is 0 Å². The van der Waals surface area contributed by atoms with E-state index in [1.807, 2.05) is 35.2 Å². The molecule has 1 aliphatic heterocycles. The first kappa shape index (κ1) is 19.7. The summed E-state index contributed by atoms with van der Waals surface area (Å²) >= 11 is 0. The van der Waals surface area contributed by atoms with Crippen LogP contribution in [0.3, 0.4) is 0 Å². The predicted octanol–water partition coefficient (Wildman–Crippen LogP) is 1.41. The second kappa shape index (κ2) is 8.78. The van der Waals surface area contributed by atoms with Gasteiger partial charge in [-0.3, -0.25) is 9.78 Å². The minimum Gasteiger partial charge on any atom is -0.396 e. The second-order valence-electron chi connectivity index (χ2n) is 7.89. The maximum atomic E-state index is 13.0. The molecule has 2 atom stereocenters. The lowest BCUT2D eigenvalue weighted by molar-refractivity contribution is 0.0779. The van der Waals surface area contributed by atoms with Crippen LogP contribution in [0.2, 0.25) is 0 Å². The lowest BCUT2D eigenvalue weighted by atomic mass is 9.96. The molecule has 0 unspecified atom stereocenters. The highest BCUT2D eigenvalue weighted by molar-refractivity contribution is 5.98. The van der Waals surface area contributed by atoms with Crippen LogP contribution in [0.4, 0.5) is 0 Å². The molecule has 27 heavy (non-hydrogen) atoms. The molecule has 1 amide bonds. The SMILES string of the molecule is CN(C)CCN(C)C[C@@H]1CN(C(=O)c2ccc3ncccc3c2)C[C@@H]1CO. The molecule has 2 heterocycles. The summed E-state index contributed by atoms with van der Waals surface area (Å²) in [4.78, 5) is 23.7. The Balaban J connectivity index is 1.66. The molecule has 0 radical (unpaired) electrons. The van der Waals surface area contributed by atoms with E-state index < -0.39 is 0 Å². The third-order valence-electron chi connectivity index (χ3n) is 5.42. The summed E-state index contributed by atoms with van der Waals surface area (Å²) in [6, 6.07) is 9.52. The van der Waals surface area contributed by atoms with Gasteiger partial charge in [0.2, 0.25) is 0 Å². The number of aromatic nitrogens is 1. The van der Waals surface area contributed by atoms with E-state index in [9.17, 15) is 9.90 Å². The number of nitrogens with zero attached hydrogens (tertiary/aromatic N) is 4. The fourth-order valence-electron chi connectivity index (χ4n) is 3.77. The van der Waals surface area contributed by atoms with Crippen LogP contribution in [0.25, 0.3) is 10.9 Å². The zero-order valence-corrected chi connectivity index (χ0v) is 16.5. The average Bonchev–Trinajstić information content (AvgIpc) is 3.08. The summed E-state index contributed by atoms with van der Waals surface area (Å²) < 4.78 is 0. The smallest absolute Gasteiger partial charge is 0.253 e. The number of fused-ring (bicyclic) bond motifs is 1. The van der Waals surface area contributed by atoms with Gasteiger partial charge >= 0.3 is 0 Å². The standard InChI is InChI=1S/C21H30N4O2/c1-23(2)9-10-24(3)12-18-13-25(14-19(18)15-26)21(27)17-6-7-20-16(11-17)5-4-8-22-20/h4-8,11,18-19,26H,9-10,12-15H2,1-3H3/t18-,19-/m1/s1. The molecule has 1 N–H and O–H groups in total. The van der Waals surface area contributed by atoms with Gasteiger partial charge in [0.25, 0.3) is 5.91 Å². The third-order valence-corrected chi connectivity index (χ3v) is 5.42. The fraction of sp³-hybridized carbons (Fsp3) is 0.524. The Morgan fingerprint density at radius 1 is 1.19 bits per heavy atom. The van der Waals surface area contributed by atoms with Crippen LogP contribution in [0.1, 0.15) is 10.4 Å². The minimum absolute atomic E-state index is 0.0395. The van der Waals surface area contributed by atoms with Crippen molar-refractivity contribution in [1.29, 1.82) is 0 Å². The molecule has 1 saturated heterocycles. The molecule has 146 valence electrons. The molecule has 0 bridgehead atoms. The molecule has 2 aromatic rings. The molecule has 0 aliphatic carbocycles. The highest BCUT2D eigenvalue weighted by Gasteiger charge is 2.35. The van der Waals surface area contributed by atoms with Gasteiger partial charge in [-0.05, 0) is 51.3 Å². The Labute approximate surface area is 161 Å². The van der Waals surface area contributed by atoms with Crippen molar-refractivity contribution < 1.29 is 9.90 Å². The number of rotatable bonds is 7. The highest BCUT2D eigenvalue weighted by Crippen LogP contribution is 2.26. The molecular formula is C21H30N4O2. The fourth-order valence-corrected chi connectivity index (χ4v) is 3.77. The minimum atomic E-state index is 0.0395. The lowest BCUT2D eigenvalue weighted by Crippen LogP contribution is -2.35. The molecule has 0 saturated carbocycles. The second-order valence-corrected chi connectivity index (χ2v) is 7.89. The van der Waals surface area contributed by atoms with Gasteiger partial charge in [0.05, 0.1) is 5.52 Å². The van der Waals surface area contributed by atoms with Crippen LogP contribution in [-0.4, -0.2) is 91.2 Å². The first-order valence-electron chi connectivity index (χ1n) is 9.56. The molecule has 0 spiro atoms. The number of likely N-dealkylation sites (N-methyl/N-ethyl adjacent to an activating group) is 2. The molecule has 1 fully saturated rings. The van der Waals surface area contributed by atoms with Crippen molar-refractivity contribution >= 4 is 16.8 Å². The largest absolute Gasteiger partial charge is 0.396 e. The molecule has 1 aliphatic rings. The van der Waals surface area contributed by atoms with E-state index in [0.29, 0.717) is 24.6 Å². The maximum absolute atomic E-state index is 13.0. The van der Waals surface area contributed by atoms with Crippen molar-refractivity contribution in [2.75, 3.05) is 60.5 Å². The topological polar surface area (TPSA) is 59.9 Å². The van der Waals surface area contributed by atoms with Crippen LogP contribution >= 0.6 is 0 Å². The van der Waals surface area contributed by atoms with E-state index in [0.717, 1.165) is 30.5 Å². The van der Waals surface area contributed by atoms with Gasteiger partial charge in [-0.1, -0.05) is 6.07 Å². The van der Waals surface area contributed by atoms with Crippen LogP contribution < -0.4 is 0 Å². The summed E-state index contributed by atoms with van der Waals surface area (Å²) in [7, 11) is 6.25. The Morgan fingerprint density at radius 2 is 1.96 bits per heavy atom. The molecule has 3 rings (SSSR count). The normalized spacial score (nSPS) is 20.1. The van der Waals surface area contributed by atoms with Crippen LogP contribution in [0.5, 0.6) is 0 Å². The number of aliphatic hydroxyl groups excluding tert-OH is 1. The average molecular weight is 370 g/mol. The summed E-state index contributed by atoms with van der Waals surface area (Å²) in [5.41, 5.74) is 1.58. The number of carbonyl (C=O) groups excluding carboxylic acids is 1. The third kappa shape index (κ3) is 4.83. The van der Waals surface area contributed by atoms with Gasteiger partial charge in [0, 0.05) is 62.4 Å². The van der Waals surface area contributed by atoms with Crippen LogP contribution in [0.15, 0.2) is 36.5 Å². The van der Waals surface area contributed by atoms with Gasteiger partial charge in [-0.15, -0.1) is 0 Å². The summed E-state index contributed by atoms with van der Waals surface area (Å²) in [6.07, 6.45) is 1.76. The first-order chi connectivity index (χ1) is 13.0. The first-order valence-corrected chi connectivity index (χ1v) is 9.56. The van der Waals surface area contributed by atoms with E-state index in [2.05, 4.69) is 35.9 Å². The molecule has 1 aromatic heterocycles. The number of amides is 1. The Hall–Kier alpha value is -2.02. The number of likely N-dealkylation sites (tertiary alicyclic amines) is 1. The number of aliphatic hydroxyl groups is 1. The van der Waals surface area contributed by atoms with Crippen LogP contribution in [-0.2, 0) is 0 Å². The van der Waals surface area contributed by atoms with E-state index in [4.69, 9.17) is 0 Å². The van der Waals surface area contributed by atoms with Gasteiger partial charge in [-0.2, -0.15) is 0 Å². The number of hydrogen-bond acceptors (Lipinski definition) is 5. The number of benzene rings is 1. The van der Waals surface area contributed by atoms with Gasteiger partial charge in [-0.25, -0.2) is 0 Å². The Morgan fingerprint density at radius 3 is 2.70 bits per heavy atom. The van der Waals surface area contributed by atoms with E-state index >= 15 is 0 Å². The molecule has 6 nitrogen and oxygen atoms in total. The Kier molecular flexibility index (Phi) is 6.42. The van der Waals surface area contributed by atoms with Crippen molar-refractivity contribution in [2.45, 2.75) is 0 Å². The van der Waals surface area contributed by atoms with E-state index in [-0.39, 0.29) is 18.4 Å². The summed E-state index contributed by atoms with van der Waals surface area (Å²) in [6.45, 7) is 4.31. The zero-order chi connectivity index (χ0) is 19.4. The maximum Gasteiger partial charge on any atom is 0.253 e. The molecular weight excluding hydrogens is 340 g/mol. The molecule has 1 aromatic carbocycles.